The molecule has 98 valence electrons. The number of carboxylic acids is 1. The van der Waals surface area contributed by atoms with Crippen molar-refractivity contribution in [3.05, 3.63) is 29.3 Å². The molecule has 18 heavy (non-hydrogen) atoms. The lowest BCUT2D eigenvalue weighted by molar-refractivity contribution is -0.275. The van der Waals surface area contributed by atoms with Crippen LogP contribution < -0.4 is 4.74 Å². The Morgan fingerprint density at radius 1 is 1.39 bits per heavy atom. The number of carboxylic acid groups (broad SMARTS) is 1. The van der Waals surface area contributed by atoms with Gasteiger partial charge in [0.25, 0.3) is 0 Å². The SMILES string of the molecule is C/C(=C\c1cccc(OC(F)(F)F)c1O)C(=O)O. The van der Waals surface area contributed by atoms with Crippen LogP contribution in [0.1, 0.15) is 12.5 Å². The number of hydrogen-bond acceptors (Lipinski definition) is 3. The largest absolute Gasteiger partial charge is 0.573 e. The fraction of sp³-hybridized carbons (Fsp3) is 0.182. The smallest absolute Gasteiger partial charge is 0.504 e. The number of ether oxygens (including phenoxy) is 1. The van der Waals surface area contributed by atoms with Gasteiger partial charge in [-0.25, -0.2) is 4.79 Å². The number of phenolic OH excluding ortho intramolecular Hbond substituents is 1. The van der Waals surface area contributed by atoms with Gasteiger partial charge < -0.3 is 14.9 Å². The molecule has 0 saturated heterocycles. The zero-order valence-corrected chi connectivity index (χ0v) is 9.15. The minimum Gasteiger partial charge on any atom is -0.504 e. The van der Waals surface area contributed by atoms with E-state index < -0.39 is 23.8 Å². The number of carbonyl (C=O) groups is 1. The van der Waals surface area contributed by atoms with Gasteiger partial charge in [-0.2, -0.15) is 0 Å². The summed E-state index contributed by atoms with van der Waals surface area (Å²) in [5, 5.41) is 18.1. The van der Waals surface area contributed by atoms with Crippen molar-refractivity contribution in [2.75, 3.05) is 0 Å². The third-order valence-corrected chi connectivity index (χ3v) is 1.97. The van der Waals surface area contributed by atoms with Crippen LogP contribution in [0.15, 0.2) is 23.8 Å². The Hall–Kier alpha value is -2.18. The van der Waals surface area contributed by atoms with Crippen molar-refractivity contribution in [2.24, 2.45) is 0 Å². The summed E-state index contributed by atoms with van der Waals surface area (Å²) in [7, 11) is 0. The maximum absolute atomic E-state index is 12.0. The van der Waals surface area contributed by atoms with Crippen LogP contribution in [-0.2, 0) is 4.79 Å². The second-order valence-electron chi connectivity index (χ2n) is 3.37. The van der Waals surface area contributed by atoms with Crippen molar-refractivity contribution < 1.29 is 32.9 Å². The summed E-state index contributed by atoms with van der Waals surface area (Å²) in [6, 6.07) is 3.41. The van der Waals surface area contributed by atoms with Crippen LogP contribution in [0.5, 0.6) is 11.5 Å². The highest BCUT2D eigenvalue weighted by atomic mass is 19.4. The van der Waals surface area contributed by atoms with Gasteiger partial charge in [-0.1, -0.05) is 12.1 Å². The molecule has 4 nitrogen and oxygen atoms in total. The molecule has 1 aromatic rings. The minimum absolute atomic E-state index is 0.0725. The quantitative estimate of drug-likeness (QED) is 0.822. The first-order valence-corrected chi connectivity index (χ1v) is 4.70. The fourth-order valence-corrected chi connectivity index (χ4v) is 1.16. The van der Waals surface area contributed by atoms with E-state index in [1.807, 2.05) is 0 Å². The highest BCUT2D eigenvalue weighted by Crippen LogP contribution is 2.34. The third kappa shape index (κ3) is 3.69. The Bertz CT molecular complexity index is 492. The minimum atomic E-state index is -4.93. The van der Waals surface area contributed by atoms with Gasteiger partial charge in [0.15, 0.2) is 11.5 Å². The average molecular weight is 262 g/mol. The van der Waals surface area contributed by atoms with Crippen molar-refractivity contribution in [3.8, 4) is 11.5 Å². The van der Waals surface area contributed by atoms with Crippen molar-refractivity contribution in [3.63, 3.8) is 0 Å². The monoisotopic (exact) mass is 262 g/mol. The zero-order chi connectivity index (χ0) is 13.9. The normalized spacial score (nSPS) is 12.3. The van der Waals surface area contributed by atoms with Crippen molar-refractivity contribution in [2.45, 2.75) is 13.3 Å². The lowest BCUT2D eigenvalue weighted by atomic mass is 10.1. The molecule has 0 aliphatic heterocycles. The molecule has 0 aliphatic carbocycles. The Morgan fingerprint density at radius 3 is 2.50 bits per heavy atom. The Balaban J connectivity index is 3.14. The van der Waals surface area contributed by atoms with E-state index in [0.717, 1.165) is 12.1 Å². The molecule has 0 radical (unpaired) electrons. The average Bonchev–Trinajstić information content (AvgIpc) is 2.21. The first-order valence-electron chi connectivity index (χ1n) is 4.70. The van der Waals surface area contributed by atoms with Crippen molar-refractivity contribution in [1.82, 2.24) is 0 Å². The van der Waals surface area contributed by atoms with Gasteiger partial charge in [0.05, 0.1) is 0 Å². The van der Waals surface area contributed by atoms with Gasteiger partial charge in [0.2, 0.25) is 0 Å². The van der Waals surface area contributed by atoms with Crippen LogP contribution in [0, 0.1) is 0 Å². The molecule has 1 aromatic carbocycles. The van der Waals surface area contributed by atoms with Gasteiger partial charge >= 0.3 is 12.3 Å². The predicted octanol–water partition coefficient (Wildman–Crippen LogP) is 2.78. The number of hydrogen-bond donors (Lipinski definition) is 2. The molecule has 0 atom stereocenters. The van der Waals surface area contributed by atoms with Gasteiger partial charge in [-0.3, -0.25) is 0 Å². The summed E-state index contributed by atoms with van der Waals surface area (Å²) in [6.07, 6.45) is -3.89. The second-order valence-corrected chi connectivity index (χ2v) is 3.37. The number of alkyl halides is 3. The summed E-state index contributed by atoms with van der Waals surface area (Å²) < 4.78 is 39.6. The first-order chi connectivity index (χ1) is 8.20. The Morgan fingerprint density at radius 2 is 2.00 bits per heavy atom. The molecule has 0 heterocycles. The second kappa shape index (κ2) is 4.99. The summed E-state index contributed by atoms with van der Waals surface area (Å²) in [6.45, 7) is 1.25. The molecule has 0 bridgehead atoms. The van der Waals surface area contributed by atoms with E-state index in [-0.39, 0.29) is 11.1 Å². The van der Waals surface area contributed by atoms with Gasteiger partial charge in [-0.15, -0.1) is 13.2 Å². The van der Waals surface area contributed by atoms with E-state index >= 15 is 0 Å². The van der Waals surface area contributed by atoms with Crippen molar-refractivity contribution >= 4 is 12.0 Å². The fourth-order valence-electron chi connectivity index (χ4n) is 1.16. The predicted molar refractivity (Wildman–Crippen MR) is 56.1 cm³/mol. The number of halogens is 3. The summed E-state index contributed by atoms with van der Waals surface area (Å²) in [5.41, 5.74) is -0.203. The lowest BCUT2D eigenvalue weighted by Crippen LogP contribution is -2.17. The standard InChI is InChI=1S/C11H9F3O4/c1-6(10(16)17)5-7-3-2-4-8(9(7)15)18-11(12,13)14/h2-5,15H,1H3,(H,16,17)/b6-5+. The van der Waals surface area contributed by atoms with Crippen LogP contribution in [0.2, 0.25) is 0 Å². The third-order valence-electron chi connectivity index (χ3n) is 1.97. The number of phenols is 1. The number of rotatable bonds is 3. The van der Waals surface area contributed by atoms with Crippen LogP contribution >= 0.6 is 0 Å². The van der Waals surface area contributed by atoms with Crippen LogP contribution in [0.25, 0.3) is 6.08 Å². The summed E-state index contributed by atoms with van der Waals surface area (Å²) >= 11 is 0. The number of para-hydroxylation sites is 1. The molecule has 0 saturated carbocycles. The van der Waals surface area contributed by atoms with E-state index in [9.17, 15) is 23.1 Å². The van der Waals surface area contributed by atoms with Crippen LogP contribution in [0.4, 0.5) is 13.2 Å². The van der Waals surface area contributed by atoms with Gasteiger partial charge in [0.1, 0.15) is 0 Å². The molecule has 0 aromatic heterocycles. The summed E-state index contributed by atoms with van der Waals surface area (Å²) in [4.78, 5) is 10.6. The molecular weight excluding hydrogens is 253 g/mol. The zero-order valence-electron chi connectivity index (χ0n) is 9.15. The highest BCUT2D eigenvalue weighted by molar-refractivity contribution is 5.92. The van der Waals surface area contributed by atoms with Gasteiger partial charge in [0, 0.05) is 11.1 Å². The van der Waals surface area contributed by atoms with Crippen molar-refractivity contribution in [1.29, 1.82) is 0 Å². The molecule has 0 unspecified atom stereocenters. The Kier molecular flexibility index (Phi) is 3.85. The first kappa shape index (κ1) is 13.9. The van der Waals surface area contributed by atoms with E-state index in [1.54, 1.807) is 0 Å². The molecule has 1 rings (SSSR count). The molecule has 0 aliphatic rings. The van der Waals surface area contributed by atoms with Gasteiger partial charge in [-0.05, 0) is 19.1 Å². The summed E-state index contributed by atoms with van der Waals surface area (Å²) in [5.74, 6) is -2.79. The molecule has 7 heteroatoms. The number of benzene rings is 1. The van der Waals surface area contributed by atoms with E-state index in [0.29, 0.717) is 0 Å². The van der Waals surface area contributed by atoms with E-state index in [1.165, 1.54) is 19.1 Å². The maximum atomic E-state index is 12.0. The van der Waals surface area contributed by atoms with Crippen LogP contribution in [0.3, 0.4) is 0 Å². The topological polar surface area (TPSA) is 66.8 Å². The molecule has 0 amide bonds. The maximum Gasteiger partial charge on any atom is 0.573 e. The molecule has 0 fully saturated rings. The van der Waals surface area contributed by atoms with E-state index in [4.69, 9.17) is 5.11 Å². The molecule has 0 spiro atoms. The number of aromatic hydroxyl groups is 1. The van der Waals surface area contributed by atoms with E-state index in [2.05, 4.69) is 4.74 Å². The highest BCUT2D eigenvalue weighted by Gasteiger charge is 2.32. The Labute approximate surface area is 99.9 Å². The molecule has 2 N–H and O–H groups in total. The lowest BCUT2D eigenvalue weighted by Gasteiger charge is -2.11. The molecular formula is C11H9F3O4. The number of aliphatic carboxylic acids is 1. The van der Waals surface area contributed by atoms with Crippen LogP contribution in [-0.4, -0.2) is 22.5 Å².